The highest BCUT2D eigenvalue weighted by Crippen LogP contribution is 2.37. The van der Waals surface area contributed by atoms with E-state index in [1.54, 1.807) is 6.08 Å². The van der Waals surface area contributed by atoms with E-state index in [9.17, 15) is 20.0 Å². The highest BCUT2D eigenvalue weighted by atomic mass is 16.6. The number of carbonyl (C=O) groups is 1. The van der Waals surface area contributed by atoms with Crippen molar-refractivity contribution in [1.82, 2.24) is 4.90 Å². The number of hydrogen-bond donors (Lipinski definition) is 1. The molecule has 1 heterocycles. The maximum absolute atomic E-state index is 12.2. The van der Waals surface area contributed by atoms with Gasteiger partial charge in [0.25, 0.3) is 5.54 Å². The molecule has 1 saturated heterocycles. The Morgan fingerprint density at radius 3 is 2.73 bits per heavy atom. The fourth-order valence-corrected chi connectivity index (χ4v) is 3.65. The molecule has 0 spiro atoms. The van der Waals surface area contributed by atoms with Crippen LogP contribution in [0.15, 0.2) is 48.2 Å². The topological polar surface area (TPSA) is 92.9 Å². The van der Waals surface area contributed by atoms with E-state index in [4.69, 9.17) is 4.74 Å². The van der Waals surface area contributed by atoms with Gasteiger partial charge in [-0.05, 0) is 24.1 Å². The standard InChI is InChI=1S/C19H22N2O5/c1-26-17-9-10-19(21(24)25,11-16(17)14-5-3-2-4-6-14)13-20-15(12-22)7-8-18(20)23/h2-6,9-10,15,22H,7-8,11-13H2,1H3/t15-,19?/m1/s1. The summed E-state index contributed by atoms with van der Waals surface area (Å²) in [6.45, 7) is -0.248. The zero-order valence-corrected chi connectivity index (χ0v) is 14.6. The number of methoxy groups -OCH3 is 1. The number of nitrogens with zero attached hydrogens (tertiary/aromatic N) is 2. The van der Waals surface area contributed by atoms with Crippen LogP contribution in [0.4, 0.5) is 0 Å². The fraction of sp³-hybridized carbons (Fsp3) is 0.421. The van der Waals surface area contributed by atoms with Gasteiger partial charge < -0.3 is 14.7 Å². The number of hydrogen-bond acceptors (Lipinski definition) is 5. The van der Waals surface area contributed by atoms with Crippen LogP contribution in [0.1, 0.15) is 24.8 Å². The Balaban J connectivity index is 1.96. The maximum atomic E-state index is 12.2. The van der Waals surface area contributed by atoms with E-state index in [-0.39, 0.29) is 36.4 Å². The van der Waals surface area contributed by atoms with Gasteiger partial charge in [-0.15, -0.1) is 0 Å². The minimum atomic E-state index is -1.44. The number of carbonyl (C=O) groups excluding carboxylic acids is 1. The molecular weight excluding hydrogens is 336 g/mol. The third-order valence-corrected chi connectivity index (χ3v) is 5.14. The van der Waals surface area contributed by atoms with Crippen molar-refractivity contribution in [3.63, 3.8) is 0 Å². The number of nitro groups is 1. The summed E-state index contributed by atoms with van der Waals surface area (Å²) in [5.41, 5.74) is 0.145. The molecule has 2 atom stereocenters. The molecule has 26 heavy (non-hydrogen) atoms. The number of aliphatic hydroxyl groups is 1. The van der Waals surface area contributed by atoms with Crippen LogP contribution in [-0.2, 0) is 9.53 Å². The van der Waals surface area contributed by atoms with Gasteiger partial charge in [-0.3, -0.25) is 14.9 Å². The zero-order chi connectivity index (χ0) is 18.7. The van der Waals surface area contributed by atoms with E-state index < -0.39 is 5.54 Å². The summed E-state index contributed by atoms with van der Waals surface area (Å²) in [5.74, 6) is 0.432. The quantitative estimate of drug-likeness (QED) is 0.620. The summed E-state index contributed by atoms with van der Waals surface area (Å²) < 4.78 is 5.41. The van der Waals surface area contributed by atoms with E-state index in [2.05, 4.69) is 0 Å². The average Bonchev–Trinajstić information content (AvgIpc) is 3.01. The summed E-state index contributed by atoms with van der Waals surface area (Å²) >= 11 is 0. The molecule has 1 fully saturated rings. The second-order valence-corrected chi connectivity index (χ2v) is 6.68. The summed E-state index contributed by atoms with van der Waals surface area (Å²) in [7, 11) is 1.54. The second-order valence-electron chi connectivity index (χ2n) is 6.68. The van der Waals surface area contributed by atoms with Crippen molar-refractivity contribution in [2.24, 2.45) is 0 Å². The summed E-state index contributed by atoms with van der Waals surface area (Å²) in [4.78, 5) is 25.3. The fourth-order valence-electron chi connectivity index (χ4n) is 3.65. The van der Waals surface area contributed by atoms with Gasteiger partial charge in [0.2, 0.25) is 5.91 Å². The van der Waals surface area contributed by atoms with Crippen molar-refractivity contribution >= 4 is 11.5 Å². The molecule has 1 aromatic rings. The van der Waals surface area contributed by atoms with Crippen molar-refractivity contribution < 1.29 is 19.6 Å². The Morgan fingerprint density at radius 1 is 1.38 bits per heavy atom. The lowest BCUT2D eigenvalue weighted by atomic mass is 9.82. The lowest BCUT2D eigenvalue weighted by Gasteiger charge is -2.33. The smallest absolute Gasteiger partial charge is 0.262 e. The van der Waals surface area contributed by atoms with Gasteiger partial charge in [-0.1, -0.05) is 30.3 Å². The van der Waals surface area contributed by atoms with Crippen LogP contribution in [0.25, 0.3) is 5.57 Å². The van der Waals surface area contributed by atoms with E-state index >= 15 is 0 Å². The molecule has 0 aromatic heterocycles. The first-order valence-corrected chi connectivity index (χ1v) is 8.57. The van der Waals surface area contributed by atoms with Crippen LogP contribution in [0.3, 0.4) is 0 Å². The molecule has 3 rings (SSSR count). The first kappa shape index (κ1) is 18.1. The lowest BCUT2D eigenvalue weighted by molar-refractivity contribution is -0.554. The number of ether oxygens (including phenoxy) is 1. The van der Waals surface area contributed by atoms with Crippen molar-refractivity contribution in [3.05, 3.63) is 63.9 Å². The van der Waals surface area contributed by atoms with Gasteiger partial charge >= 0.3 is 0 Å². The number of benzene rings is 1. The Bertz CT molecular complexity index is 758. The van der Waals surface area contributed by atoms with Gasteiger partial charge in [-0.25, -0.2) is 0 Å². The molecule has 7 heteroatoms. The largest absolute Gasteiger partial charge is 0.496 e. The number of aliphatic hydroxyl groups excluding tert-OH is 1. The summed E-state index contributed by atoms with van der Waals surface area (Å²) in [6, 6.07) is 9.03. The Morgan fingerprint density at radius 2 is 2.12 bits per heavy atom. The Kier molecular flexibility index (Phi) is 5.08. The number of rotatable bonds is 6. The normalized spacial score (nSPS) is 25.7. The van der Waals surface area contributed by atoms with E-state index in [0.717, 1.165) is 11.1 Å². The molecule has 1 N–H and O–H groups in total. The molecule has 0 radical (unpaired) electrons. The molecule has 1 aliphatic heterocycles. The molecule has 1 aromatic carbocycles. The van der Waals surface area contributed by atoms with Crippen LogP contribution in [-0.4, -0.2) is 52.7 Å². The number of allylic oxidation sites excluding steroid dienone is 1. The van der Waals surface area contributed by atoms with Crippen molar-refractivity contribution in [1.29, 1.82) is 0 Å². The number of amides is 1. The lowest BCUT2D eigenvalue weighted by Crippen LogP contribution is -2.51. The van der Waals surface area contributed by atoms with E-state index in [1.165, 1.54) is 18.1 Å². The average molecular weight is 358 g/mol. The second kappa shape index (κ2) is 7.29. The van der Waals surface area contributed by atoms with E-state index in [1.807, 2.05) is 30.3 Å². The molecule has 1 unspecified atom stereocenters. The van der Waals surface area contributed by atoms with Crippen LogP contribution in [0, 0.1) is 10.1 Å². The third-order valence-electron chi connectivity index (χ3n) is 5.14. The van der Waals surface area contributed by atoms with Crippen LogP contribution in [0.5, 0.6) is 0 Å². The SMILES string of the molecule is COC1=C(c2ccccc2)CC(CN2C(=O)CC[C@@H]2CO)([N+](=O)[O-])C=C1. The van der Waals surface area contributed by atoms with Crippen molar-refractivity contribution in [2.45, 2.75) is 30.8 Å². The van der Waals surface area contributed by atoms with Crippen molar-refractivity contribution in [2.75, 3.05) is 20.3 Å². The molecule has 0 saturated carbocycles. The van der Waals surface area contributed by atoms with Crippen LogP contribution >= 0.6 is 0 Å². The van der Waals surface area contributed by atoms with Gasteiger partial charge in [-0.2, -0.15) is 0 Å². The molecule has 0 bridgehead atoms. The third kappa shape index (κ3) is 3.22. The number of likely N-dealkylation sites (tertiary alicyclic amines) is 1. The van der Waals surface area contributed by atoms with Crippen molar-refractivity contribution in [3.8, 4) is 0 Å². The Labute approximate surface area is 151 Å². The molecule has 2 aliphatic rings. The predicted molar refractivity (Wildman–Crippen MR) is 95.7 cm³/mol. The predicted octanol–water partition coefficient (Wildman–Crippen LogP) is 2.00. The van der Waals surface area contributed by atoms with Gasteiger partial charge in [0, 0.05) is 16.9 Å². The first-order valence-electron chi connectivity index (χ1n) is 8.57. The first-order chi connectivity index (χ1) is 12.5. The molecule has 138 valence electrons. The molecule has 1 amide bonds. The minimum absolute atomic E-state index is 0.0616. The van der Waals surface area contributed by atoms with Gasteiger partial charge in [0.15, 0.2) is 0 Å². The molecular formula is C19H22N2O5. The monoisotopic (exact) mass is 358 g/mol. The minimum Gasteiger partial charge on any atom is -0.496 e. The zero-order valence-electron chi connectivity index (χ0n) is 14.6. The van der Waals surface area contributed by atoms with E-state index in [0.29, 0.717) is 18.6 Å². The highest BCUT2D eigenvalue weighted by molar-refractivity contribution is 5.79. The van der Waals surface area contributed by atoms with Gasteiger partial charge in [0.1, 0.15) is 5.76 Å². The summed E-state index contributed by atoms with van der Waals surface area (Å²) in [5, 5.41) is 21.5. The van der Waals surface area contributed by atoms with Crippen LogP contribution < -0.4 is 0 Å². The molecule has 7 nitrogen and oxygen atoms in total. The molecule has 1 aliphatic carbocycles. The van der Waals surface area contributed by atoms with Crippen LogP contribution in [0.2, 0.25) is 0 Å². The highest BCUT2D eigenvalue weighted by Gasteiger charge is 2.48. The maximum Gasteiger partial charge on any atom is 0.262 e. The van der Waals surface area contributed by atoms with Gasteiger partial charge in [0.05, 0.1) is 32.7 Å². The summed E-state index contributed by atoms with van der Waals surface area (Å²) in [6.07, 6.45) is 4.08. The Hall–Kier alpha value is -2.67.